The summed E-state index contributed by atoms with van der Waals surface area (Å²) in [5.74, 6) is 0. The van der Waals surface area contributed by atoms with Gasteiger partial charge in [0.1, 0.15) is 6.29 Å². The SMILES string of the molecule is O=CCCc1ccc(S(=O)(=O)C2CC2)cc1. The molecule has 0 spiro atoms. The van der Waals surface area contributed by atoms with Crippen molar-refractivity contribution in [2.24, 2.45) is 0 Å². The molecule has 1 aromatic rings. The quantitative estimate of drug-likeness (QED) is 0.734. The number of rotatable bonds is 5. The standard InChI is InChI=1S/C12H14O3S/c13-9-1-2-10-3-5-11(6-4-10)16(14,15)12-7-8-12/h3-6,9,12H,1-2,7-8H2. The molecule has 0 heterocycles. The average Bonchev–Trinajstić information content (AvgIpc) is 3.11. The van der Waals surface area contributed by atoms with E-state index in [1.165, 1.54) is 0 Å². The summed E-state index contributed by atoms with van der Waals surface area (Å²) in [7, 11) is -3.07. The molecule has 0 aromatic heterocycles. The molecule has 1 aromatic carbocycles. The number of aldehydes is 1. The van der Waals surface area contributed by atoms with Crippen molar-refractivity contribution in [3.8, 4) is 0 Å². The third-order valence-corrected chi connectivity index (χ3v) is 5.04. The molecule has 1 fully saturated rings. The van der Waals surface area contributed by atoms with Gasteiger partial charge in [-0.2, -0.15) is 0 Å². The zero-order valence-corrected chi connectivity index (χ0v) is 9.74. The van der Waals surface area contributed by atoms with Crippen molar-refractivity contribution in [3.63, 3.8) is 0 Å². The first-order valence-electron chi connectivity index (χ1n) is 5.41. The largest absolute Gasteiger partial charge is 0.303 e. The van der Waals surface area contributed by atoms with E-state index < -0.39 is 9.84 Å². The number of aryl methyl sites for hydroxylation is 1. The molecule has 0 saturated heterocycles. The van der Waals surface area contributed by atoms with Gasteiger partial charge >= 0.3 is 0 Å². The molecule has 1 aliphatic carbocycles. The Bertz CT molecular complexity index is 469. The predicted octanol–water partition coefficient (Wildman–Crippen LogP) is 1.75. The molecular formula is C12H14O3S. The van der Waals surface area contributed by atoms with Gasteiger partial charge in [0.25, 0.3) is 0 Å². The van der Waals surface area contributed by atoms with Crippen LogP contribution in [-0.2, 0) is 21.1 Å². The smallest absolute Gasteiger partial charge is 0.181 e. The summed E-state index contributed by atoms with van der Waals surface area (Å²) in [6, 6.07) is 6.87. The van der Waals surface area contributed by atoms with Gasteiger partial charge in [0, 0.05) is 6.42 Å². The van der Waals surface area contributed by atoms with Gasteiger partial charge in [-0.1, -0.05) is 12.1 Å². The number of carbonyl (C=O) groups excluding carboxylic acids is 1. The first kappa shape index (κ1) is 11.3. The summed E-state index contributed by atoms with van der Waals surface area (Å²) in [5, 5.41) is -0.159. The van der Waals surface area contributed by atoms with Crippen LogP contribution in [0.5, 0.6) is 0 Å². The zero-order valence-electron chi connectivity index (χ0n) is 8.93. The fourth-order valence-electron chi connectivity index (χ4n) is 1.64. The Kier molecular flexibility index (Phi) is 3.10. The van der Waals surface area contributed by atoms with Crippen molar-refractivity contribution in [1.82, 2.24) is 0 Å². The lowest BCUT2D eigenvalue weighted by Crippen LogP contribution is -2.06. The van der Waals surface area contributed by atoms with Crippen molar-refractivity contribution in [1.29, 1.82) is 0 Å². The van der Waals surface area contributed by atoms with Crippen LogP contribution in [0.4, 0.5) is 0 Å². The summed E-state index contributed by atoms with van der Waals surface area (Å²) in [6.07, 6.45) is 3.60. The monoisotopic (exact) mass is 238 g/mol. The predicted molar refractivity (Wildman–Crippen MR) is 61.0 cm³/mol. The van der Waals surface area contributed by atoms with Gasteiger partial charge in [0.2, 0.25) is 0 Å². The maximum absolute atomic E-state index is 11.9. The van der Waals surface area contributed by atoms with Gasteiger partial charge in [-0.15, -0.1) is 0 Å². The fourth-order valence-corrected chi connectivity index (χ4v) is 3.30. The highest BCUT2D eigenvalue weighted by molar-refractivity contribution is 7.92. The van der Waals surface area contributed by atoms with Gasteiger partial charge < -0.3 is 4.79 Å². The Morgan fingerprint density at radius 3 is 2.31 bits per heavy atom. The first-order chi connectivity index (χ1) is 7.64. The Morgan fingerprint density at radius 1 is 1.19 bits per heavy atom. The van der Waals surface area contributed by atoms with E-state index in [-0.39, 0.29) is 5.25 Å². The van der Waals surface area contributed by atoms with E-state index in [4.69, 9.17) is 0 Å². The maximum Gasteiger partial charge on any atom is 0.181 e. The molecule has 0 unspecified atom stereocenters. The highest BCUT2D eigenvalue weighted by Crippen LogP contribution is 2.33. The first-order valence-corrected chi connectivity index (χ1v) is 6.95. The Labute approximate surface area is 95.4 Å². The molecule has 0 radical (unpaired) electrons. The molecule has 0 amide bonds. The molecule has 0 aliphatic heterocycles. The highest BCUT2D eigenvalue weighted by Gasteiger charge is 2.36. The molecular weight excluding hydrogens is 224 g/mol. The molecule has 1 saturated carbocycles. The molecule has 3 nitrogen and oxygen atoms in total. The van der Waals surface area contributed by atoms with Gasteiger partial charge in [-0.3, -0.25) is 0 Å². The van der Waals surface area contributed by atoms with Crippen LogP contribution in [0, 0.1) is 0 Å². The number of benzene rings is 1. The van der Waals surface area contributed by atoms with Gasteiger partial charge in [0.15, 0.2) is 9.84 Å². The van der Waals surface area contributed by atoms with E-state index in [9.17, 15) is 13.2 Å². The van der Waals surface area contributed by atoms with Crippen molar-refractivity contribution >= 4 is 16.1 Å². The summed E-state index contributed by atoms with van der Waals surface area (Å²) < 4.78 is 23.7. The lowest BCUT2D eigenvalue weighted by Gasteiger charge is -2.03. The average molecular weight is 238 g/mol. The summed E-state index contributed by atoms with van der Waals surface area (Å²) in [4.78, 5) is 10.6. The molecule has 0 atom stereocenters. The second-order valence-electron chi connectivity index (χ2n) is 4.09. The van der Waals surface area contributed by atoms with Crippen molar-refractivity contribution in [2.75, 3.05) is 0 Å². The van der Waals surface area contributed by atoms with Crippen LogP contribution in [-0.4, -0.2) is 20.0 Å². The van der Waals surface area contributed by atoms with E-state index in [2.05, 4.69) is 0 Å². The number of sulfone groups is 1. The number of hydrogen-bond acceptors (Lipinski definition) is 3. The number of carbonyl (C=O) groups is 1. The van der Waals surface area contributed by atoms with E-state index >= 15 is 0 Å². The lowest BCUT2D eigenvalue weighted by molar-refractivity contribution is -0.107. The van der Waals surface area contributed by atoms with Crippen LogP contribution in [0.15, 0.2) is 29.2 Å². The van der Waals surface area contributed by atoms with Crippen LogP contribution in [0.3, 0.4) is 0 Å². The van der Waals surface area contributed by atoms with Crippen LogP contribution in [0.1, 0.15) is 24.8 Å². The fraction of sp³-hybridized carbons (Fsp3) is 0.417. The third kappa shape index (κ3) is 2.32. The molecule has 2 rings (SSSR count). The number of hydrogen-bond donors (Lipinski definition) is 0. The van der Waals surface area contributed by atoms with Crippen LogP contribution in [0.25, 0.3) is 0 Å². The van der Waals surface area contributed by atoms with Crippen LogP contribution in [0.2, 0.25) is 0 Å². The zero-order chi connectivity index (χ0) is 11.6. The third-order valence-electron chi connectivity index (χ3n) is 2.77. The molecule has 4 heteroatoms. The van der Waals surface area contributed by atoms with E-state index in [1.807, 2.05) is 0 Å². The van der Waals surface area contributed by atoms with Crippen LogP contribution < -0.4 is 0 Å². The minimum atomic E-state index is -3.07. The Morgan fingerprint density at radius 2 is 1.81 bits per heavy atom. The summed E-state index contributed by atoms with van der Waals surface area (Å²) in [6.45, 7) is 0. The molecule has 0 bridgehead atoms. The highest BCUT2D eigenvalue weighted by atomic mass is 32.2. The topological polar surface area (TPSA) is 51.2 Å². The van der Waals surface area contributed by atoms with Gasteiger partial charge in [-0.05, 0) is 37.0 Å². The minimum absolute atomic E-state index is 0.159. The van der Waals surface area contributed by atoms with E-state index in [1.54, 1.807) is 24.3 Å². The minimum Gasteiger partial charge on any atom is -0.303 e. The van der Waals surface area contributed by atoms with Crippen LogP contribution >= 0.6 is 0 Å². The lowest BCUT2D eigenvalue weighted by atomic mass is 10.1. The second kappa shape index (κ2) is 4.37. The molecule has 1 aliphatic rings. The Balaban J connectivity index is 2.15. The summed E-state index contributed by atoms with van der Waals surface area (Å²) in [5.41, 5.74) is 1.00. The molecule has 16 heavy (non-hydrogen) atoms. The van der Waals surface area contributed by atoms with Crippen molar-refractivity contribution < 1.29 is 13.2 Å². The van der Waals surface area contributed by atoms with Crippen molar-refractivity contribution in [3.05, 3.63) is 29.8 Å². The molecule has 86 valence electrons. The maximum atomic E-state index is 11.9. The second-order valence-corrected chi connectivity index (χ2v) is 6.32. The normalized spacial score (nSPS) is 16.0. The van der Waals surface area contributed by atoms with Gasteiger partial charge in [0.05, 0.1) is 10.1 Å². The Hall–Kier alpha value is -1.16. The van der Waals surface area contributed by atoms with E-state index in [0.717, 1.165) is 24.7 Å². The van der Waals surface area contributed by atoms with Crippen molar-refractivity contribution in [2.45, 2.75) is 35.8 Å². The van der Waals surface area contributed by atoms with Gasteiger partial charge in [-0.25, -0.2) is 8.42 Å². The van der Waals surface area contributed by atoms with E-state index in [0.29, 0.717) is 17.7 Å². The molecule has 0 N–H and O–H groups in total. The summed E-state index contributed by atoms with van der Waals surface area (Å²) >= 11 is 0.